The number of sulfonamides is 1. The van der Waals surface area contributed by atoms with Crippen LogP contribution < -0.4 is 4.31 Å². The number of ketones is 1. The first-order valence-electron chi connectivity index (χ1n) is 7.70. The summed E-state index contributed by atoms with van der Waals surface area (Å²) in [7, 11) is -0.513. The SMILES string of the molecule is CN(C)/C=C1/CN(S(=O)(=O)c2ccc(Cl)cc2)c2ccc(F)cc2C1=O. The number of carbonyl (C=O) groups excluding carboxylic acids is 1. The highest BCUT2D eigenvalue weighted by molar-refractivity contribution is 7.92. The van der Waals surface area contributed by atoms with Gasteiger partial charge in [-0.15, -0.1) is 0 Å². The molecular formula is C18H16ClFN2O3S. The molecule has 1 aliphatic rings. The molecule has 0 saturated heterocycles. The number of rotatable bonds is 3. The van der Waals surface area contributed by atoms with Crippen LogP contribution in [0.5, 0.6) is 0 Å². The molecule has 0 radical (unpaired) electrons. The molecule has 0 saturated carbocycles. The van der Waals surface area contributed by atoms with Gasteiger partial charge in [0.05, 0.1) is 17.1 Å². The van der Waals surface area contributed by atoms with Gasteiger partial charge in [-0.1, -0.05) is 11.6 Å². The summed E-state index contributed by atoms with van der Waals surface area (Å²) >= 11 is 5.84. The van der Waals surface area contributed by atoms with Crippen molar-refractivity contribution in [3.05, 3.63) is 70.6 Å². The van der Waals surface area contributed by atoms with Crippen molar-refractivity contribution in [3.63, 3.8) is 0 Å². The second kappa shape index (κ2) is 6.74. The maximum absolute atomic E-state index is 13.7. The minimum Gasteiger partial charge on any atom is -0.383 e. The van der Waals surface area contributed by atoms with E-state index in [0.717, 1.165) is 16.4 Å². The summed E-state index contributed by atoms with van der Waals surface area (Å²) in [5.74, 6) is -0.997. The smallest absolute Gasteiger partial charge is 0.264 e. The average Bonchev–Trinajstić information content (AvgIpc) is 2.57. The van der Waals surface area contributed by atoms with E-state index in [-0.39, 0.29) is 28.3 Å². The van der Waals surface area contributed by atoms with Crippen molar-refractivity contribution in [2.24, 2.45) is 0 Å². The Morgan fingerprint density at radius 2 is 1.81 bits per heavy atom. The molecule has 136 valence electrons. The minimum atomic E-state index is -3.96. The number of hydrogen-bond donors (Lipinski definition) is 0. The second-order valence-corrected chi connectivity index (χ2v) is 8.37. The number of hydrogen-bond acceptors (Lipinski definition) is 4. The molecule has 0 aliphatic carbocycles. The summed E-state index contributed by atoms with van der Waals surface area (Å²) in [6, 6.07) is 9.25. The van der Waals surface area contributed by atoms with Crippen molar-refractivity contribution in [1.29, 1.82) is 0 Å². The number of carbonyl (C=O) groups is 1. The van der Waals surface area contributed by atoms with E-state index in [1.54, 1.807) is 25.2 Å². The molecule has 0 spiro atoms. The fourth-order valence-electron chi connectivity index (χ4n) is 2.75. The quantitative estimate of drug-likeness (QED) is 0.749. The van der Waals surface area contributed by atoms with Gasteiger partial charge in [0.25, 0.3) is 10.0 Å². The van der Waals surface area contributed by atoms with Crippen LogP contribution in [0, 0.1) is 5.82 Å². The number of anilines is 1. The normalized spacial score (nSPS) is 15.9. The van der Waals surface area contributed by atoms with Gasteiger partial charge < -0.3 is 4.90 Å². The Morgan fingerprint density at radius 1 is 1.15 bits per heavy atom. The van der Waals surface area contributed by atoms with Gasteiger partial charge in [-0.2, -0.15) is 0 Å². The van der Waals surface area contributed by atoms with Gasteiger partial charge in [0.15, 0.2) is 5.78 Å². The van der Waals surface area contributed by atoms with Gasteiger partial charge in [0, 0.05) is 36.5 Å². The van der Waals surface area contributed by atoms with E-state index in [9.17, 15) is 17.6 Å². The molecule has 0 unspecified atom stereocenters. The molecular weight excluding hydrogens is 379 g/mol. The molecule has 0 atom stereocenters. The van der Waals surface area contributed by atoms with Crippen molar-refractivity contribution in [2.75, 3.05) is 24.9 Å². The van der Waals surface area contributed by atoms with Crippen LogP contribution in [-0.4, -0.2) is 39.7 Å². The lowest BCUT2D eigenvalue weighted by atomic mass is 9.98. The first kappa shape index (κ1) is 18.4. The molecule has 0 fully saturated rings. The van der Waals surface area contributed by atoms with Crippen molar-refractivity contribution in [1.82, 2.24) is 4.90 Å². The number of benzene rings is 2. The van der Waals surface area contributed by atoms with Crippen LogP contribution in [0.25, 0.3) is 0 Å². The lowest BCUT2D eigenvalue weighted by Gasteiger charge is -2.31. The van der Waals surface area contributed by atoms with Gasteiger partial charge in [-0.05, 0) is 42.5 Å². The van der Waals surface area contributed by atoms with E-state index >= 15 is 0 Å². The number of Topliss-reactive ketones (excluding diaryl/α,β-unsaturated/α-hetero) is 1. The topological polar surface area (TPSA) is 57.7 Å². The fourth-order valence-corrected chi connectivity index (χ4v) is 4.34. The van der Waals surface area contributed by atoms with Crippen LogP contribution in [0.1, 0.15) is 10.4 Å². The molecule has 8 heteroatoms. The Hall–Kier alpha value is -2.38. The molecule has 0 bridgehead atoms. The molecule has 0 aromatic heterocycles. The largest absolute Gasteiger partial charge is 0.383 e. The third kappa shape index (κ3) is 3.32. The van der Waals surface area contributed by atoms with Gasteiger partial charge in [-0.25, -0.2) is 12.8 Å². The summed E-state index contributed by atoms with van der Waals surface area (Å²) in [6.45, 7) is -0.138. The first-order chi connectivity index (χ1) is 12.2. The van der Waals surface area contributed by atoms with E-state index in [1.807, 2.05) is 0 Å². The molecule has 2 aromatic carbocycles. The lowest BCUT2D eigenvalue weighted by molar-refractivity contribution is 0.102. The van der Waals surface area contributed by atoms with Crippen molar-refractivity contribution in [2.45, 2.75) is 4.90 Å². The highest BCUT2D eigenvalue weighted by Crippen LogP contribution is 2.34. The highest BCUT2D eigenvalue weighted by atomic mass is 35.5. The summed E-state index contributed by atoms with van der Waals surface area (Å²) in [5.41, 5.74) is 0.426. The van der Waals surface area contributed by atoms with Crippen LogP contribution in [0.2, 0.25) is 5.02 Å². The fraction of sp³-hybridized carbons (Fsp3) is 0.167. The lowest BCUT2D eigenvalue weighted by Crippen LogP contribution is -2.39. The van der Waals surface area contributed by atoms with Gasteiger partial charge >= 0.3 is 0 Å². The van der Waals surface area contributed by atoms with E-state index in [4.69, 9.17) is 11.6 Å². The molecule has 3 rings (SSSR count). The van der Waals surface area contributed by atoms with Crippen molar-refractivity contribution >= 4 is 33.1 Å². The van der Waals surface area contributed by atoms with E-state index in [2.05, 4.69) is 0 Å². The Balaban J connectivity index is 2.18. The van der Waals surface area contributed by atoms with Crippen molar-refractivity contribution < 1.29 is 17.6 Å². The van der Waals surface area contributed by atoms with Crippen LogP contribution in [0.3, 0.4) is 0 Å². The van der Waals surface area contributed by atoms with E-state index in [0.29, 0.717) is 5.02 Å². The standard InChI is InChI=1S/C18H16ClFN2O3S/c1-21(2)10-12-11-22(17-8-5-14(20)9-16(17)18(12)23)26(24,25)15-6-3-13(19)4-7-15/h3-10H,11H2,1-2H3/b12-10-. The summed E-state index contributed by atoms with van der Waals surface area (Å²) in [6.07, 6.45) is 1.54. The van der Waals surface area contributed by atoms with Crippen molar-refractivity contribution in [3.8, 4) is 0 Å². The molecule has 2 aromatic rings. The van der Waals surface area contributed by atoms with Crippen LogP contribution in [0.4, 0.5) is 10.1 Å². The summed E-state index contributed by atoms with van der Waals surface area (Å²) in [5, 5.41) is 0.411. The second-order valence-electron chi connectivity index (χ2n) is 6.07. The molecule has 1 aliphatic heterocycles. The zero-order valence-electron chi connectivity index (χ0n) is 14.1. The predicted octanol–water partition coefficient (Wildman–Crippen LogP) is 3.32. The predicted molar refractivity (Wildman–Crippen MR) is 98.5 cm³/mol. The van der Waals surface area contributed by atoms with E-state index < -0.39 is 21.6 Å². The molecule has 5 nitrogen and oxygen atoms in total. The van der Waals surface area contributed by atoms with Crippen LogP contribution in [-0.2, 0) is 10.0 Å². The first-order valence-corrected chi connectivity index (χ1v) is 9.51. The van der Waals surface area contributed by atoms with Gasteiger partial charge in [-0.3, -0.25) is 9.10 Å². The zero-order chi connectivity index (χ0) is 19.1. The third-order valence-electron chi connectivity index (χ3n) is 3.89. The van der Waals surface area contributed by atoms with E-state index in [1.165, 1.54) is 30.3 Å². The maximum Gasteiger partial charge on any atom is 0.264 e. The van der Waals surface area contributed by atoms with Crippen LogP contribution in [0.15, 0.2) is 59.1 Å². The number of fused-ring (bicyclic) bond motifs is 1. The third-order valence-corrected chi connectivity index (χ3v) is 5.92. The molecule has 1 heterocycles. The minimum absolute atomic E-state index is 0.0156. The maximum atomic E-state index is 13.7. The Morgan fingerprint density at radius 3 is 2.42 bits per heavy atom. The van der Waals surface area contributed by atoms with Gasteiger partial charge in [0.2, 0.25) is 0 Å². The van der Waals surface area contributed by atoms with Gasteiger partial charge in [0.1, 0.15) is 5.82 Å². The summed E-state index contributed by atoms with van der Waals surface area (Å²) in [4.78, 5) is 14.3. The average molecular weight is 395 g/mol. The molecule has 26 heavy (non-hydrogen) atoms. The Kier molecular flexibility index (Phi) is 4.77. The molecule has 0 N–H and O–H groups in total. The highest BCUT2D eigenvalue weighted by Gasteiger charge is 2.35. The molecule has 0 amide bonds. The summed E-state index contributed by atoms with van der Waals surface area (Å²) < 4.78 is 41.0. The Labute approximate surface area is 156 Å². The van der Waals surface area contributed by atoms with Crippen LogP contribution >= 0.6 is 11.6 Å². The zero-order valence-corrected chi connectivity index (χ0v) is 15.7. The Bertz CT molecular complexity index is 1000. The number of nitrogens with zero attached hydrogens (tertiary/aromatic N) is 2. The monoisotopic (exact) mass is 394 g/mol. The number of halogens is 2.